The topological polar surface area (TPSA) is 74.9 Å². The number of imide groups is 1. The first-order valence-corrected chi connectivity index (χ1v) is 10.0. The van der Waals surface area contributed by atoms with Crippen LogP contribution in [0.2, 0.25) is 0 Å². The molecule has 154 valence electrons. The first kappa shape index (κ1) is 18.7. The number of ether oxygens (including phenoxy) is 2. The van der Waals surface area contributed by atoms with Crippen LogP contribution in [0, 0.1) is 0 Å². The molecule has 1 N–H and O–H groups in total. The maximum absolute atomic E-state index is 13.3. The van der Waals surface area contributed by atoms with Gasteiger partial charge in [-0.2, -0.15) is 0 Å². The van der Waals surface area contributed by atoms with Crippen LogP contribution < -0.4 is 14.4 Å². The predicted molar refractivity (Wildman–Crippen MR) is 113 cm³/mol. The fourth-order valence-electron chi connectivity index (χ4n) is 4.58. The number of anilines is 1. The highest BCUT2D eigenvalue weighted by Gasteiger charge is 2.44. The van der Waals surface area contributed by atoms with E-state index in [0.717, 1.165) is 18.5 Å². The lowest BCUT2D eigenvalue weighted by Gasteiger charge is -2.31. The van der Waals surface area contributed by atoms with Gasteiger partial charge in [0.25, 0.3) is 5.91 Å². The van der Waals surface area contributed by atoms with Gasteiger partial charge in [-0.3, -0.25) is 14.5 Å². The van der Waals surface area contributed by atoms with E-state index >= 15 is 0 Å². The number of H-pyrrole nitrogens is 1. The highest BCUT2D eigenvalue weighted by molar-refractivity contribution is 6.23. The number of aromatic nitrogens is 1. The Kier molecular flexibility index (Phi) is 4.47. The predicted octanol–water partition coefficient (Wildman–Crippen LogP) is 2.88. The Morgan fingerprint density at radius 1 is 1.07 bits per heavy atom. The number of carbonyl (C=O) groups is 2. The summed E-state index contributed by atoms with van der Waals surface area (Å²) in [6.45, 7) is 1.38. The van der Waals surface area contributed by atoms with Crippen molar-refractivity contribution in [1.82, 2.24) is 9.88 Å². The summed E-state index contributed by atoms with van der Waals surface area (Å²) < 4.78 is 10.6. The van der Waals surface area contributed by atoms with Gasteiger partial charge in [0.15, 0.2) is 0 Å². The molecular weight excluding hydrogens is 382 g/mol. The van der Waals surface area contributed by atoms with Gasteiger partial charge < -0.3 is 14.5 Å². The third-order valence-electron chi connectivity index (χ3n) is 6.10. The highest BCUT2D eigenvalue weighted by atomic mass is 16.5. The van der Waals surface area contributed by atoms with Crippen LogP contribution in [-0.4, -0.2) is 48.5 Å². The second kappa shape index (κ2) is 7.18. The Bertz CT molecular complexity index is 1150. The number of hydrogen-bond acceptors (Lipinski definition) is 5. The van der Waals surface area contributed by atoms with Crippen LogP contribution in [0.4, 0.5) is 5.69 Å². The molecule has 3 aromatic rings. The number of para-hydroxylation sites is 1. The molecular formula is C23H23N3O4. The van der Waals surface area contributed by atoms with Crippen molar-refractivity contribution in [3.8, 4) is 11.5 Å². The number of methoxy groups -OCH3 is 2. The Morgan fingerprint density at radius 3 is 2.70 bits per heavy atom. The summed E-state index contributed by atoms with van der Waals surface area (Å²) in [6, 6.07) is 12.9. The third kappa shape index (κ3) is 2.85. The number of aromatic amines is 1. The zero-order chi connectivity index (χ0) is 20.8. The third-order valence-corrected chi connectivity index (χ3v) is 6.10. The zero-order valence-electron chi connectivity index (χ0n) is 17.0. The summed E-state index contributed by atoms with van der Waals surface area (Å²) in [4.78, 5) is 33.0. The first-order valence-electron chi connectivity index (χ1n) is 10.0. The number of hydrogen-bond donors (Lipinski definition) is 1. The van der Waals surface area contributed by atoms with Crippen molar-refractivity contribution in [2.75, 3.05) is 25.7 Å². The summed E-state index contributed by atoms with van der Waals surface area (Å²) in [5.74, 6) is 0.633. The van der Waals surface area contributed by atoms with Crippen molar-refractivity contribution in [2.24, 2.45) is 0 Å². The van der Waals surface area contributed by atoms with Crippen LogP contribution in [-0.2, 0) is 22.6 Å². The van der Waals surface area contributed by atoms with E-state index in [9.17, 15) is 9.59 Å². The molecule has 0 spiro atoms. The summed E-state index contributed by atoms with van der Waals surface area (Å²) in [6.07, 6.45) is 1.000. The monoisotopic (exact) mass is 405 g/mol. The molecule has 2 aliphatic heterocycles. The molecule has 0 radical (unpaired) electrons. The maximum atomic E-state index is 13.3. The van der Waals surface area contributed by atoms with Crippen LogP contribution in [0.5, 0.6) is 11.5 Å². The molecule has 1 saturated heterocycles. The summed E-state index contributed by atoms with van der Waals surface area (Å²) in [5, 5.41) is 1.18. The molecule has 0 saturated carbocycles. The summed E-state index contributed by atoms with van der Waals surface area (Å²) >= 11 is 0. The molecule has 3 heterocycles. The molecule has 1 atom stereocenters. The van der Waals surface area contributed by atoms with Gasteiger partial charge in [0.2, 0.25) is 5.91 Å². The van der Waals surface area contributed by atoms with Crippen LogP contribution in [0.25, 0.3) is 10.9 Å². The molecule has 30 heavy (non-hydrogen) atoms. The highest BCUT2D eigenvalue weighted by Crippen LogP contribution is 2.37. The lowest BCUT2D eigenvalue weighted by atomic mass is 10.0. The van der Waals surface area contributed by atoms with Crippen LogP contribution >= 0.6 is 0 Å². The average Bonchev–Trinajstić information content (AvgIpc) is 3.29. The quantitative estimate of drug-likeness (QED) is 0.676. The molecule has 1 fully saturated rings. The Morgan fingerprint density at radius 2 is 1.90 bits per heavy atom. The van der Waals surface area contributed by atoms with Crippen molar-refractivity contribution >= 4 is 28.4 Å². The number of carbonyl (C=O) groups excluding carboxylic acids is 2. The molecule has 2 aliphatic rings. The minimum absolute atomic E-state index is 0.172. The normalized spacial score (nSPS) is 19.4. The minimum Gasteiger partial charge on any atom is -0.497 e. The van der Waals surface area contributed by atoms with Gasteiger partial charge in [-0.1, -0.05) is 18.2 Å². The van der Waals surface area contributed by atoms with E-state index < -0.39 is 6.04 Å². The van der Waals surface area contributed by atoms with Crippen molar-refractivity contribution in [1.29, 1.82) is 0 Å². The van der Waals surface area contributed by atoms with Crippen LogP contribution in [0.3, 0.4) is 0 Å². The molecule has 1 aromatic heterocycles. The van der Waals surface area contributed by atoms with E-state index in [0.29, 0.717) is 23.7 Å². The van der Waals surface area contributed by atoms with E-state index in [2.05, 4.69) is 22.0 Å². The maximum Gasteiger partial charge on any atom is 0.251 e. The van der Waals surface area contributed by atoms with Crippen molar-refractivity contribution < 1.29 is 19.1 Å². The van der Waals surface area contributed by atoms with Gasteiger partial charge in [0.1, 0.15) is 11.5 Å². The smallest absolute Gasteiger partial charge is 0.251 e. The van der Waals surface area contributed by atoms with Crippen LogP contribution in [0.1, 0.15) is 17.7 Å². The Labute approximate surface area is 174 Å². The van der Waals surface area contributed by atoms with Gasteiger partial charge in [-0.15, -0.1) is 0 Å². The molecule has 7 nitrogen and oxygen atoms in total. The number of nitrogens with zero attached hydrogens (tertiary/aromatic N) is 2. The second-order valence-corrected chi connectivity index (χ2v) is 7.67. The Balaban J connectivity index is 1.44. The molecule has 5 rings (SSSR count). The van der Waals surface area contributed by atoms with Crippen molar-refractivity contribution in [3.05, 3.63) is 53.7 Å². The molecule has 0 unspecified atom stereocenters. The number of benzene rings is 2. The lowest BCUT2D eigenvalue weighted by molar-refractivity contribution is -0.123. The first-order chi connectivity index (χ1) is 14.6. The zero-order valence-corrected chi connectivity index (χ0v) is 17.0. The number of rotatable bonds is 4. The van der Waals surface area contributed by atoms with E-state index in [-0.39, 0.29) is 18.2 Å². The lowest BCUT2D eigenvalue weighted by Crippen LogP contribution is -2.44. The largest absolute Gasteiger partial charge is 0.497 e. The van der Waals surface area contributed by atoms with Gasteiger partial charge in [0.05, 0.1) is 32.4 Å². The fourth-order valence-corrected chi connectivity index (χ4v) is 4.58. The van der Waals surface area contributed by atoms with Crippen molar-refractivity contribution in [3.63, 3.8) is 0 Å². The van der Waals surface area contributed by atoms with Gasteiger partial charge in [-0.25, -0.2) is 4.90 Å². The van der Waals surface area contributed by atoms with E-state index in [1.165, 1.54) is 28.7 Å². The molecule has 0 aliphatic carbocycles. The van der Waals surface area contributed by atoms with E-state index in [4.69, 9.17) is 9.47 Å². The van der Waals surface area contributed by atoms with Crippen LogP contribution in [0.15, 0.2) is 42.5 Å². The molecule has 7 heteroatoms. The fraction of sp³-hybridized carbons (Fsp3) is 0.304. The minimum atomic E-state index is -0.467. The van der Waals surface area contributed by atoms with Gasteiger partial charge in [0, 0.05) is 42.2 Å². The summed E-state index contributed by atoms with van der Waals surface area (Å²) in [5.41, 5.74) is 4.01. The standard InChI is InChI=1S/C23H23N3O4/c1-29-14-7-8-19(21(11-14)30-2)26-22(27)12-20(23(26)28)25-10-9-18-16(13-25)15-5-3-4-6-17(15)24-18/h3-8,11,20,24H,9-10,12-13H2,1-2H3/t20-/m1/s1. The summed E-state index contributed by atoms with van der Waals surface area (Å²) in [7, 11) is 3.08. The second-order valence-electron chi connectivity index (χ2n) is 7.67. The average molecular weight is 405 g/mol. The number of amides is 2. The SMILES string of the molecule is COc1ccc(N2C(=O)C[C@@H](N3CCc4[nH]c5ccccc5c4C3)C2=O)c(OC)c1. The molecule has 0 bridgehead atoms. The Hall–Kier alpha value is -3.32. The molecule has 2 aromatic carbocycles. The van der Waals surface area contributed by atoms with E-state index in [1.54, 1.807) is 25.3 Å². The number of nitrogens with one attached hydrogen (secondary N) is 1. The number of fused-ring (bicyclic) bond motifs is 3. The van der Waals surface area contributed by atoms with Crippen molar-refractivity contribution in [2.45, 2.75) is 25.4 Å². The molecule has 2 amide bonds. The van der Waals surface area contributed by atoms with Gasteiger partial charge in [-0.05, 0) is 23.8 Å². The van der Waals surface area contributed by atoms with Gasteiger partial charge >= 0.3 is 0 Å². The van der Waals surface area contributed by atoms with E-state index in [1.807, 2.05) is 12.1 Å².